The maximum Gasteiger partial charge on any atom is 0.158 e. The van der Waals surface area contributed by atoms with Gasteiger partial charge in [-0.05, 0) is 50.8 Å². The van der Waals surface area contributed by atoms with Gasteiger partial charge in [0.2, 0.25) is 0 Å². The standard InChI is InChI=1S/C23H40OS/c1-4-6-8-10-12-14-18-25(19-15-13-11-9-7-5-2)23-17-16-22(24)20-21(23)3/h16-17,20H,4-15,18-19H2,1-3H3/p+1. The quantitative estimate of drug-likeness (QED) is 0.253. The average Bonchev–Trinajstić information content (AvgIpc) is 2.59. The van der Waals surface area contributed by atoms with Crippen molar-refractivity contribution in [1.82, 2.24) is 0 Å². The Balaban J connectivity index is 2.46. The van der Waals surface area contributed by atoms with Crippen LogP contribution in [-0.4, -0.2) is 16.6 Å². The molecule has 1 rings (SSSR count). The average molecular weight is 366 g/mol. The lowest BCUT2D eigenvalue weighted by Gasteiger charge is -2.11. The van der Waals surface area contributed by atoms with Crippen LogP contribution in [0.15, 0.2) is 23.1 Å². The molecular weight excluding hydrogens is 324 g/mol. The first kappa shape index (κ1) is 22.4. The number of benzene rings is 1. The van der Waals surface area contributed by atoms with Gasteiger partial charge >= 0.3 is 0 Å². The van der Waals surface area contributed by atoms with E-state index in [0.29, 0.717) is 16.6 Å². The van der Waals surface area contributed by atoms with Crippen LogP contribution in [0.1, 0.15) is 96.5 Å². The van der Waals surface area contributed by atoms with E-state index in [0.717, 1.165) is 0 Å². The minimum Gasteiger partial charge on any atom is -0.508 e. The summed E-state index contributed by atoms with van der Waals surface area (Å²) in [4.78, 5) is 1.50. The summed E-state index contributed by atoms with van der Waals surface area (Å²) in [7, 11) is 0.367. The molecule has 1 aromatic carbocycles. The number of aromatic hydroxyl groups is 1. The lowest BCUT2D eigenvalue weighted by atomic mass is 10.1. The van der Waals surface area contributed by atoms with Gasteiger partial charge in [-0.3, -0.25) is 0 Å². The number of unbranched alkanes of at least 4 members (excludes halogenated alkanes) is 10. The highest BCUT2D eigenvalue weighted by Gasteiger charge is 2.23. The summed E-state index contributed by atoms with van der Waals surface area (Å²) >= 11 is 0. The van der Waals surface area contributed by atoms with Crippen LogP contribution in [-0.2, 0) is 10.9 Å². The number of rotatable bonds is 15. The van der Waals surface area contributed by atoms with Crippen molar-refractivity contribution in [2.45, 2.75) is 103 Å². The van der Waals surface area contributed by atoms with Crippen LogP contribution in [0.2, 0.25) is 0 Å². The van der Waals surface area contributed by atoms with Crippen molar-refractivity contribution in [2.75, 3.05) is 11.5 Å². The summed E-state index contributed by atoms with van der Waals surface area (Å²) in [6.45, 7) is 6.73. The van der Waals surface area contributed by atoms with E-state index in [1.165, 1.54) is 99.0 Å². The molecule has 0 unspecified atom stereocenters. The molecule has 0 saturated heterocycles. The monoisotopic (exact) mass is 365 g/mol. The predicted molar refractivity (Wildman–Crippen MR) is 115 cm³/mol. The topological polar surface area (TPSA) is 20.2 Å². The van der Waals surface area contributed by atoms with Crippen LogP contribution >= 0.6 is 0 Å². The first-order chi connectivity index (χ1) is 12.2. The molecule has 0 aromatic heterocycles. The normalized spacial score (nSPS) is 11.4. The molecule has 1 N–H and O–H groups in total. The predicted octanol–water partition coefficient (Wildman–Crippen LogP) is 7.40. The van der Waals surface area contributed by atoms with Crippen LogP contribution in [0.3, 0.4) is 0 Å². The second-order valence-electron chi connectivity index (χ2n) is 7.39. The highest BCUT2D eigenvalue weighted by Crippen LogP contribution is 2.25. The van der Waals surface area contributed by atoms with Crippen LogP contribution in [0, 0.1) is 6.92 Å². The lowest BCUT2D eigenvalue weighted by Crippen LogP contribution is -2.14. The number of hydrogen-bond acceptors (Lipinski definition) is 1. The Morgan fingerprint density at radius 2 is 1.20 bits per heavy atom. The van der Waals surface area contributed by atoms with Gasteiger partial charge in [-0.25, -0.2) is 0 Å². The van der Waals surface area contributed by atoms with Gasteiger partial charge < -0.3 is 5.11 Å². The van der Waals surface area contributed by atoms with Gasteiger partial charge in [-0.1, -0.05) is 65.2 Å². The maximum absolute atomic E-state index is 9.72. The van der Waals surface area contributed by atoms with E-state index in [4.69, 9.17) is 0 Å². The van der Waals surface area contributed by atoms with Gasteiger partial charge in [0.1, 0.15) is 17.3 Å². The van der Waals surface area contributed by atoms with Crippen molar-refractivity contribution in [1.29, 1.82) is 0 Å². The van der Waals surface area contributed by atoms with E-state index < -0.39 is 0 Å². The zero-order valence-electron chi connectivity index (χ0n) is 17.0. The van der Waals surface area contributed by atoms with Crippen molar-refractivity contribution in [3.63, 3.8) is 0 Å². The van der Waals surface area contributed by atoms with Gasteiger partial charge in [-0.15, -0.1) is 0 Å². The Labute approximate surface area is 160 Å². The fourth-order valence-corrected chi connectivity index (χ4v) is 5.92. The number of aryl methyl sites for hydroxylation is 1. The Hall–Kier alpha value is -0.630. The van der Waals surface area contributed by atoms with E-state index in [9.17, 15) is 5.11 Å². The van der Waals surface area contributed by atoms with Crippen molar-refractivity contribution in [3.05, 3.63) is 23.8 Å². The van der Waals surface area contributed by atoms with Crippen LogP contribution in [0.5, 0.6) is 5.75 Å². The molecule has 0 heterocycles. The smallest absolute Gasteiger partial charge is 0.158 e. The Morgan fingerprint density at radius 3 is 1.68 bits per heavy atom. The Morgan fingerprint density at radius 1 is 0.720 bits per heavy atom. The first-order valence-corrected chi connectivity index (χ1v) is 12.2. The van der Waals surface area contributed by atoms with Crippen LogP contribution < -0.4 is 0 Å². The molecular formula is C23H41OS+. The highest BCUT2D eigenvalue weighted by atomic mass is 32.2. The molecule has 0 amide bonds. The second kappa shape index (κ2) is 14.5. The number of phenols is 1. The molecule has 0 aliphatic carbocycles. The molecule has 2 heteroatoms. The molecule has 0 aliphatic heterocycles. The molecule has 0 fully saturated rings. The molecule has 0 spiro atoms. The molecule has 0 bridgehead atoms. The molecule has 0 radical (unpaired) electrons. The van der Waals surface area contributed by atoms with Gasteiger partial charge in [0, 0.05) is 16.5 Å². The van der Waals surface area contributed by atoms with Gasteiger partial charge in [-0.2, -0.15) is 0 Å². The molecule has 25 heavy (non-hydrogen) atoms. The Kier molecular flexibility index (Phi) is 13.0. The lowest BCUT2D eigenvalue weighted by molar-refractivity contribution is 0.474. The Bertz CT molecular complexity index is 428. The van der Waals surface area contributed by atoms with Gasteiger partial charge in [0.15, 0.2) is 4.90 Å². The summed E-state index contributed by atoms with van der Waals surface area (Å²) in [6, 6.07) is 6.00. The van der Waals surface area contributed by atoms with Gasteiger partial charge in [0.25, 0.3) is 0 Å². The minimum atomic E-state index is 0.367. The van der Waals surface area contributed by atoms with E-state index in [2.05, 4.69) is 26.8 Å². The van der Waals surface area contributed by atoms with E-state index >= 15 is 0 Å². The zero-order valence-corrected chi connectivity index (χ0v) is 17.8. The SMILES string of the molecule is CCCCCCCC[S+](CCCCCCCC)c1ccc(O)cc1C. The molecule has 144 valence electrons. The summed E-state index contributed by atoms with van der Waals surface area (Å²) in [6.07, 6.45) is 16.5. The molecule has 1 aromatic rings. The molecule has 0 atom stereocenters. The van der Waals surface area contributed by atoms with Crippen molar-refractivity contribution in [2.24, 2.45) is 0 Å². The largest absolute Gasteiger partial charge is 0.508 e. The van der Waals surface area contributed by atoms with E-state index in [-0.39, 0.29) is 0 Å². The summed E-state index contributed by atoms with van der Waals surface area (Å²) in [5.74, 6) is 3.09. The third-order valence-corrected chi connectivity index (χ3v) is 7.60. The fraction of sp³-hybridized carbons (Fsp3) is 0.739. The van der Waals surface area contributed by atoms with Gasteiger partial charge in [0.05, 0.1) is 0 Å². The zero-order chi connectivity index (χ0) is 18.3. The van der Waals surface area contributed by atoms with E-state index in [1.807, 2.05) is 12.1 Å². The maximum atomic E-state index is 9.72. The number of phenolic OH excluding ortho intramolecular Hbond substituents is 1. The first-order valence-electron chi connectivity index (χ1n) is 10.7. The molecule has 1 nitrogen and oxygen atoms in total. The highest BCUT2D eigenvalue weighted by molar-refractivity contribution is 7.96. The second-order valence-corrected chi connectivity index (χ2v) is 9.63. The van der Waals surface area contributed by atoms with Crippen molar-refractivity contribution >= 4 is 10.9 Å². The fourth-order valence-electron chi connectivity index (χ4n) is 3.39. The summed E-state index contributed by atoms with van der Waals surface area (Å²) in [5, 5.41) is 9.72. The third-order valence-electron chi connectivity index (χ3n) is 4.96. The van der Waals surface area contributed by atoms with Crippen LogP contribution in [0.4, 0.5) is 0 Å². The molecule has 0 saturated carbocycles. The molecule has 0 aliphatic rings. The third kappa shape index (κ3) is 10.2. The summed E-state index contributed by atoms with van der Waals surface area (Å²) < 4.78 is 0. The number of hydrogen-bond donors (Lipinski definition) is 1. The minimum absolute atomic E-state index is 0.367. The van der Waals surface area contributed by atoms with Crippen molar-refractivity contribution in [3.8, 4) is 5.75 Å². The summed E-state index contributed by atoms with van der Waals surface area (Å²) in [5.41, 5.74) is 1.28. The van der Waals surface area contributed by atoms with Crippen molar-refractivity contribution < 1.29 is 5.11 Å². The van der Waals surface area contributed by atoms with E-state index in [1.54, 1.807) is 0 Å². The van der Waals surface area contributed by atoms with Crippen LogP contribution in [0.25, 0.3) is 0 Å².